The number of rotatable bonds is 6. The molecule has 0 aliphatic heterocycles. The van der Waals surface area contributed by atoms with Gasteiger partial charge in [0.05, 0.1) is 6.33 Å². The van der Waals surface area contributed by atoms with Crippen molar-refractivity contribution in [3.8, 4) is 0 Å². The molecule has 0 aliphatic carbocycles. The summed E-state index contributed by atoms with van der Waals surface area (Å²) in [5, 5.41) is 12.2. The molecule has 5 heteroatoms. The first kappa shape index (κ1) is 19.6. The number of aromatic nitrogens is 2. The van der Waals surface area contributed by atoms with E-state index in [0.717, 1.165) is 16.7 Å². The first-order valence-corrected chi connectivity index (χ1v) is 9.82. The van der Waals surface area contributed by atoms with Crippen molar-refractivity contribution in [2.75, 3.05) is 5.32 Å². The van der Waals surface area contributed by atoms with E-state index in [1.165, 1.54) is 6.92 Å². The number of aliphatic hydroxyl groups is 1. The van der Waals surface area contributed by atoms with Crippen LogP contribution in [0.2, 0.25) is 0 Å². The van der Waals surface area contributed by atoms with Crippen molar-refractivity contribution < 1.29 is 9.90 Å². The van der Waals surface area contributed by atoms with Crippen molar-refractivity contribution in [1.82, 2.24) is 9.55 Å². The summed E-state index contributed by atoms with van der Waals surface area (Å²) in [4.78, 5) is 16.4. The number of carbonyl (C=O) groups is 1. The van der Waals surface area contributed by atoms with E-state index in [2.05, 4.69) is 46.7 Å². The van der Waals surface area contributed by atoms with Crippen LogP contribution in [0, 0.1) is 0 Å². The average Bonchev–Trinajstić information content (AvgIpc) is 3.25. The van der Waals surface area contributed by atoms with Crippen LogP contribution in [0.5, 0.6) is 0 Å². The van der Waals surface area contributed by atoms with Gasteiger partial charge in [-0.2, -0.15) is 0 Å². The zero-order valence-corrected chi connectivity index (χ0v) is 16.6. The number of aliphatic hydroxyl groups excluding tert-OH is 1. The first-order valence-electron chi connectivity index (χ1n) is 9.82. The van der Waals surface area contributed by atoms with E-state index >= 15 is 0 Å². The molecule has 0 saturated carbocycles. The van der Waals surface area contributed by atoms with Gasteiger partial charge in [0.15, 0.2) is 5.82 Å². The fraction of sp³-hybridized carbons (Fsp3) is 0.120. The van der Waals surface area contributed by atoms with Crippen LogP contribution in [0.25, 0.3) is 0 Å². The molecule has 0 saturated heterocycles. The SMILES string of the molecule is CC(O)C(=O)Nc1cn(C(c2ccccc2)(c2ccccc2)c2ccccc2)cn1. The minimum atomic E-state index is -1.11. The van der Waals surface area contributed by atoms with Gasteiger partial charge >= 0.3 is 0 Å². The summed E-state index contributed by atoms with van der Waals surface area (Å²) in [5.74, 6) is -0.113. The second-order valence-corrected chi connectivity index (χ2v) is 7.14. The number of amides is 1. The van der Waals surface area contributed by atoms with E-state index in [1.54, 1.807) is 12.5 Å². The Balaban J connectivity index is 1.97. The van der Waals surface area contributed by atoms with Crippen molar-refractivity contribution in [3.63, 3.8) is 0 Å². The van der Waals surface area contributed by atoms with Gasteiger partial charge in [0, 0.05) is 6.20 Å². The van der Waals surface area contributed by atoms with Crippen LogP contribution < -0.4 is 5.32 Å². The monoisotopic (exact) mass is 397 g/mol. The van der Waals surface area contributed by atoms with Gasteiger partial charge in [-0.3, -0.25) is 4.79 Å². The third-order valence-electron chi connectivity index (χ3n) is 5.18. The molecule has 2 N–H and O–H groups in total. The molecule has 5 nitrogen and oxygen atoms in total. The summed E-state index contributed by atoms with van der Waals surface area (Å²) in [7, 11) is 0. The van der Waals surface area contributed by atoms with Crippen LogP contribution in [0.1, 0.15) is 23.6 Å². The van der Waals surface area contributed by atoms with Crippen LogP contribution in [0.4, 0.5) is 5.82 Å². The molecular formula is C25H23N3O2. The molecular weight excluding hydrogens is 374 g/mol. The highest BCUT2D eigenvalue weighted by Gasteiger charge is 2.38. The predicted octanol–water partition coefficient (Wildman–Crippen LogP) is 4.04. The highest BCUT2D eigenvalue weighted by Crippen LogP contribution is 2.41. The molecule has 1 amide bonds. The van der Waals surface area contributed by atoms with Crippen molar-refractivity contribution >= 4 is 11.7 Å². The van der Waals surface area contributed by atoms with Crippen LogP contribution in [-0.4, -0.2) is 26.7 Å². The van der Waals surface area contributed by atoms with E-state index in [1.807, 2.05) is 59.2 Å². The molecule has 0 fully saturated rings. The van der Waals surface area contributed by atoms with E-state index in [9.17, 15) is 9.90 Å². The fourth-order valence-corrected chi connectivity index (χ4v) is 3.79. The lowest BCUT2D eigenvalue weighted by Gasteiger charge is -2.37. The van der Waals surface area contributed by atoms with E-state index in [-0.39, 0.29) is 0 Å². The second kappa shape index (κ2) is 8.35. The van der Waals surface area contributed by atoms with Crippen molar-refractivity contribution in [1.29, 1.82) is 0 Å². The maximum Gasteiger partial charge on any atom is 0.254 e. The molecule has 1 aromatic heterocycles. The Kier molecular flexibility index (Phi) is 5.46. The third-order valence-corrected chi connectivity index (χ3v) is 5.18. The molecule has 0 aliphatic rings. The van der Waals surface area contributed by atoms with Crippen molar-refractivity contribution in [3.05, 3.63) is 120 Å². The van der Waals surface area contributed by atoms with Gasteiger partial charge in [-0.05, 0) is 23.6 Å². The number of carbonyl (C=O) groups excluding carboxylic acids is 1. The van der Waals surface area contributed by atoms with Gasteiger partial charge in [-0.1, -0.05) is 91.0 Å². The third kappa shape index (κ3) is 3.51. The zero-order chi connectivity index (χ0) is 21.0. The predicted molar refractivity (Wildman–Crippen MR) is 117 cm³/mol. The molecule has 1 unspecified atom stereocenters. The van der Waals surface area contributed by atoms with Crippen molar-refractivity contribution in [2.24, 2.45) is 0 Å². The Labute approximate surface area is 175 Å². The van der Waals surface area contributed by atoms with Gasteiger partial charge in [0.2, 0.25) is 0 Å². The number of benzene rings is 3. The van der Waals surface area contributed by atoms with Gasteiger partial charge in [0.1, 0.15) is 11.6 Å². The van der Waals surface area contributed by atoms with Gasteiger partial charge < -0.3 is 15.0 Å². The van der Waals surface area contributed by atoms with Crippen LogP contribution in [-0.2, 0) is 10.3 Å². The molecule has 4 aromatic rings. The molecule has 0 spiro atoms. The Morgan fingerprint density at radius 3 is 1.70 bits per heavy atom. The molecule has 1 atom stereocenters. The zero-order valence-electron chi connectivity index (χ0n) is 16.6. The highest BCUT2D eigenvalue weighted by atomic mass is 16.3. The summed E-state index contributed by atoms with van der Waals surface area (Å²) in [6.07, 6.45) is 2.40. The normalized spacial score (nSPS) is 12.3. The fourth-order valence-electron chi connectivity index (χ4n) is 3.79. The van der Waals surface area contributed by atoms with E-state index in [4.69, 9.17) is 0 Å². The minimum absolute atomic E-state index is 0.382. The van der Waals surface area contributed by atoms with Gasteiger partial charge in [-0.15, -0.1) is 0 Å². The standard InChI is InChI=1S/C25H23N3O2/c1-19(29)24(30)27-23-17-28(18-26-23)25(20-11-5-2-6-12-20,21-13-7-3-8-14-21)22-15-9-4-10-16-22/h2-19,29H,1H3,(H,27,30). The van der Waals surface area contributed by atoms with E-state index in [0.29, 0.717) is 5.82 Å². The molecule has 30 heavy (non-hydrogen) atoms. The topological polar surface area (TPSA) is 67.2 Å². The molecule has 0 radical (unpaired) electrons. The van der Waals surface area contributed by atoms with Gasteiger partial charge in [0.25, 0.3) is 5.91 Å². The summed E-state index contributed by atoms with van der Waals surface area (Å²) >= 11 is 0. The Hall–Kier alpha value is -3.70. The molecule has 3 aromatic carbocycles. The molecule has 150 valence electrons. The summed E-state index contributed by atoms with van der Waals surface area (Å²) < 4.78 is 2.00. The molecule has 0 bridgehead atoms. The average molecular weight is 397 g/mol. The smallest absolute Gasteiger partial charge is 0.254 e. The van der Waals surface area contributed by atoms with Crippen LogP contribution in [0.3, 0.4) is 0 Å². The maximum absolute atomic E-state index is 12.0. The number of nitrogens with one attached hydrogen (secondary N) is 1. The maximum atomic E-state index is 12.0. The number of hydrogen-bond donors (Lipinski definition) is 2. The minimum Gasteiger partial charge on any atom is -0.384 e. The summed E-state index contributed by atoms with van der Waals surface area (Å²) in [6.45, 7) is 1.43. The summed E-state index contributed by atoms with van der Waals surface area (Å²) in [6, 6.07) is 30.6. The quantitative estimate of drug-likeness (QED) is 0.483. The Morgan fingerprint density at radius 2 is 1.30 bits per heavy atom. The lowest BCUT2D eigenvalue weighted by atomic mass is 9.77. The van der Waals surface area contributed by atoms with Gasteiger partial charge in [-0.25, -0.2) is 4.98 Å². The van der Waals surface area contributed by atoms with Crippen LogP contribution in [0.15, 0.2) is 104 Å². The number of hydrogen-bond acceptors (Lipinski definition) is 3. The summed E-state index contributed by atoms with van der Waals surface area (Å²) in [5.41, 5.74) is 2.50. The first-order chi connectivity index (χ1) is 14.6. The lowest BCUT2D eigenvalue weighted by molar-refractivity contribution is -0.123. The van der Waals surface area contributed by atoms with Crippen LogP contribution >= 0.6 is 0 Å². The lowest BCUT2D eigenvalue weighted by Crippen LogP contribution is -2.37. The largest absolute Gasteiger partial charge is 0.384 e. The Morgan fingerprint density at radius 1 is 0.867 bits per heavy atom. The number of anilines is 1. The molecule has 4 rings (SSSR count). The number of nitrogens with zero attached hydrogens (tertiary/aromatic N) is 2. The van der Waals surface area contributed by atoms with E-state index < -0.39 is 17.6 Å². The van der Waals surface area contributed by atoms with Crippen molar-refractivity contribution in [2.45, 2.75) is 18.6 Å². The second-order valence-electron chi connectivity index (χ2n) is 7.14. The highest BCUT2D eigenvalue weighted by molar-refractivity contribution is 5.92. The molecule has 1 heterocycles. The Bertz CT molecular complexity index is 1010. The number of imidazole rings is 1.